The van der Waals surface area contributed by atoms with Crippen LogP contribution < -0.4 is 11.1 Å². The first-order valence-electron chi connectivity index (χ1n) is 6.44. The fraction of sp³-hybridized carbons (Fsp3) is 0.533. The van der Waals surface area contributed by atoms with Crippen molar-refractivity contribution in [2.75, 3.05) is 12.3 Å². The van der Waals surface area contributed by atoms with Crippen molar-refractivity contribution in [3.63, 3.8) is 0 Å². The number of allylic oxidation sites excluding steroid dienone is 1. The van der Waals surface area contributed by atoms with Crippen molar-refractivity contribution in [2.24, 2.45) is 0 Å². The Labute approximate surface area is 111 Å². The molecule has 1 aromatic rings. The van der Waals surface area contributed by atoms with Gasteiger partial charge in [0, 0.05) is 17.3 Å². The van der Waals surface area contributed by atoms with Gasteiger partial charge in [-0.2, -0.15) is 0 Å². The van der Waals surface area contributed by atoms with Crippen molar-refractivity contribution in [1.82, 2.24) is 10.3 Å². The van der Waals surface area contributed by atoms with Crippen LogP contribution >= 0.6 is 0 Å². The van der Waals surface area contributed by atoms with Crippen LogP contribution in [0.5, 0.6) is 0 Å². The lowest BCUT2D eigenvalue weighted by Gasteiger charge is -2.19. The largest absolute Gasteiger partial charge is 0.383 e. The number of aryl methyl sites for hydroxylation is 1. The van der Waals surface area contributed by atoms with Gasteiger partial charge in [-0.3, -0.25) is 0 Å². The number of hydrogen-bond acceptors (Lipinski definition) is 3. The van der Waals surface area contributed by atoms with E-state index in [1.807, 2.05) is 6.92 Å². The Morgan fingerprint density at radius 3 is 2.72 bits per heavy atom. The second-order valence-electron chi connectivity index (χ2n) is 5.80. The van der Waals surface area contributed by atoms with E-state index in [4.69, 9.17) is 5.73 Å². The first-order chi connectivity index (χ1) is 8.29. The fourth-order valence-electron chi connectivity index (χ4n) is 1.74. The van der Waals surface area contributed by atoms with Crippen molar-refractivity contribution in [1.29, 1.82) is 0 Å². The maximum Gasteiger partial charge on any atom is 0.130 e. The molecule has 0 aliphatic rings. The monoisotopic (exact) mass is 247 g/mol. The van der Waals surface area contributed by atoms with Crippen LogP contribution in [0.3, 0.4) is 0 Å². The zero-order chi connectivity index (χ0) is 13.8. The summed E-state index contributed by atoms with van der Waals surface area (Å²) in [5, 5.41) is 3.46. The maximum absolute atomic E-state index is 5.90. The summed E-state index contributed by atoms with van der Waals surface area (Å²) in [6.07, 6.45) is 5.01. The second kappa shape index (κ2) is 6.01. The number of nitrogens with two attached hydrogens (primary N) is 1. The van der Waals surface area contributed by atoms with Gasteiger partial charge in [-0.1, -0.05) is 6.08 Å². The van der Waals surface area contributed by atoms with Crippen LogP contribution in [-0.2, 0) is 0 Å². The van der Waals surface area contributed by atoms with E-state index in [2.05, 4.69) is 50.1 Å². The molecule has 3 heteroatoms. The number of rotatable bonds is 4. The first-order valence-corrected chi connectivity index (χ1v) is 6.44. The van der Waals surface area contributed by atoms with Crippen LogP contribution in [0.1, 0.15) is 45.2 Å². The van der Waals surface area contributed by atoms with Crippen LogP contribution in [0, 0.1) is 6.92 Å². The summed E-state index contributed by atoms with van der Waals surface area (Å²) in [5.41, 5.74) is 9.45. The molecule has 18 heavy (non-hydrogen) atoms. The van der Waals surface area contributed by atoms with Crippen LogP contribution in [0.4, 0.5) is 5.82 Å². The van der Waals surface area contributed by atoms with Crippen LogP contribution in [-0.4, -0.2) is 17.1 Å². The van der Waals surface area contributed by atoms with Gasteiger partial charge in [-0.25, -0.2) is 4.98 Å². The predicted molar refractivity (Wildman–Crippen MR) is 79.4 cm³/mol. The molecule has 0 saturated carbocycles. The normalized spacial score (nSPS) is 12.8. The molecular formula is C15H25N3. The summed E-state index contributed by atoms with van der Waals surface area (Å²) in [4.78, 5) is 4.19. The molecule has 0 atom stereocenters. The number of hydrogen-bond donors (Lipinski definition) is 2. The molecule has 1 heterocycles. The van der Waals surface area contributed by atoms with E-state index in [9.17, 15) is 0 Å². The highest BCUT2D eigenvalue weighted by atomic mass is 14.9. The van der Waals surface area contributed by atoms with Gasteiger partial charge in [-0.15, -0.1) is 0 Å². The van der Waals surface area contributed by atoms with Gasteiger partial charge in [-0.05, 0) is 64.8 Å². The third-order valence-electron chi connectivity index (χ3n) is 2.73. The number of nitrogens with zero attached hydrogens (tertiary/aromatic N) is 1. The summed E-state index contributed by atoms with van der Waals surface area (Å²) in [6, 6.07) is 2.09. The Morgan fingerprint density at radius 1 is 1.44 bits per heavy atom. The quantitative estimate of drug-likeness (QED) is 0.804. The Balaban J connectivity index is 2.63. The Bertz CT molecular complexity index is 428. The van der Waals surface area contributed by atoms with Crippen LogP contribution in [0.25, 0.3) is 5.57 Å². The zero-order valence-electron chi connectivity index (χ0n) is 12.2. The van der Waals surface area contributed by atoms with E-state index in [0.717, 1.165) is 24.1 Å². The Kier molecular flexibility index (Phi) is 4.91. The van der Waals surface area contributed by atoms with Gasteiger partial charge >= 0.3 is 0 Å². The van der Waals surface area contributed by atoms with Crippen molar-refractivity contribution in [3.8, 4) is 0 Å². The topological polar surface area (TPSA) is 50.9 Å². The summed E-state index contributed by atoms with van der Waals surface area (Å²) in [6.45, 7) is 11.6. The zero-order valence-corrected chi connectivity index (χ0v) is 12.2. The Morgan fingerprint density at radius 2 is 2.11 bits per heavy atom. The van der Waals surface area contributed by atoms with Crippen molar-refractivity contribution >= 4 is 11.4 Å². The minimum absolute atomic E-state index is 0.172. The molecule has 0 amide bonds. The first kappa shape index (κ1) is 14.7. The number of pyridine rings is 1. The molecule has 0 aromatic carbocycles. The minimum Gasteiger partial charge on any atom is -0.383 e. The van der Waals surface area contributed by atoms with Gasteiger partial charge in [0.1, 0.15) is 5.82 Å². The lowest BCUT2D eigenvalue weighted by molar-refractivity contribution is 0.431. The molecule has 3 nitrogen and oxygen atoms in total. The van der Waals surface area contributed by atoms with Gasteiger partial charge in [0.2, 0.25) is 0 Å². The molecule has 0 saturated heterocycles. The van der Waals surface area contributed by atoms with Gasteiger partial charge in [0.15, 0.2) is 0 Å². The number of nitrogens with one attached hydrogen (secondary N) is 1. The summed E-state index contributed by atoms with van der Waals surface area (Å²) >= 11 is 0. The van der Waals surface area contributed by atoms with E-state index in [1.165, 1.54) is 5.57 Å². The van der Waals surface area contributed by atoms with E-state index >= 15 is 0 Å². The standard InChI is InChI=1S/C15H25N3/c1-11-9-13(14(16)17-10-11)12(2)7-6-8-18-15(3,4)5/h7,9-10,18H,6,8H2,1-5H3,(H2,16,17). The van der Waals surface area contributed by atoms with Gasteiger partial charge in [0.05, 0.1) is 0 Å². The molecule has 1 aromatic heterocycles. The molecule has 0 radical (unpaired) electrons. The Hall–Kier alpha value is -1.35. The molecule has 0 aliphatic heterocycles. The highest BCUT2D eigenvalue weighted by molar-refractivity contribution is 5.71. The van der Waals surface area contributed by atoms with Gasteiger partial charge in [0.25, 0.3) is 0 Å². The lowest BCUT2D eigenvalue weighted by Crippen LogP contribution is -2.36. The van der Waals surface area contributed by atoms with Crippen LogP contribution in [0.15, 0.2) is 18.3 Å². The number of nitrogen functional groups attached to an aromatic ring is 1. The van der Waals surface area contributed by atoms with Crippen molar-refractivity contribution in [3.05, 3.63) is 29.5 Å². The van der Waals surface area contributed by atoms with Crippen molar-refractivity contribution < 1.29 is 0 Å². The van der Waals surface area contributed by atoms with E-state index in [0.29, 0.717) is 5.82 Å². The number of aromatic nitrogens is 1. The van der Waals surface area contributed by atoms with Crippen LogP contribution in [0.2, 0.25) is 0 Å². The highest BCUT2D eigenvalue weighted by Gasteiger charge is 2.07. The lowest BCUT2D eigenvalue weighted by atomic mass is 10.1. The second-order valence-corrected chi connectivity index (χ2v) is 5.80. The molecule has 0 unspecified atom stereocenters. The summed E-state index contributed by atoms with van der Waals surface area (Å²) in [7, 11) is 0. The smallest absolute Gasteiger partial charge is 0.130 e. The van der Waals surface area contributed by atoms with Crippen molar-refractivity contribution in [2.45, 2.75) is 46.6 Å². The fourth-order valence-corrected chi connectivity index (χ4v) is 1.74. The van der Waals surface area contributed by atoms with E-state index < -0.39 is 0 Å². The summed E-state index contributed by atoms with van der Waals surface area (Å²) < 4.78 is 0. The SMILES string of the molecule is CC(=CCCNC(C)(C)C)c1cc(C)cnc1N. The van der Waals surface area contributed by atoms with E-state index in [-0.39, 0.29) is 5.54 Å². The molecule has 3 N–H and O–H groups in total. The molecule has 0 fully saturated rings. The van der Waals surface area contributed by atoms with E-state index in [1.54, 1.807) is 6.20 Å². The molecule has 0 spiro atoms. The predicted octanol–water partition coefficient (Wildman–Crippen LogP) is 3.15. The number of anilines is 1. The molecule has 0 aliphatic carbocycles. The third kappa shape index (κ3) is 4.88. The maximum atomic E-state index is 5.90. The minimum atomic E-state index is 0.172. The molecule has 100 valence electrons. The average Bonchev–Trinajstić information content (AvgIpc) is 2.26. The third-order valence-corrected chi connectivity index (χ3v) is 2.73. The molecule has 0 bridgehead atoms. The van der Waals surface area contributed by atoms with Gasteiger partial charge < -0.3 is 11.1 Å². The average molecular weight is 247 g/mol. The molecular weight excluding hydrogens is 222 g/mol. The molecule has 1 rings (SSSR count). The summed E-state index contributed by atoms with van der Waals surface area (Å²) in [5.74, 6) is 0.609. The highest BCUT2D eigenvalue weighted by Crippen LogP contribution is 2.20.